The van der Waals surface area contributed by atoms with E-state index in [1.807, 2.05) is 0 Å². The number of nitrogens with one attached hydrogen (secondary N) is 1. The fourth-order valence-corrected chi connectivity index (χ4v) is 3.07. The van der Waals surface area contributed by atoms with Gasteiger partial charge < -0.3 is 15.0 Å². The lowest BCUT2D eigenvalue weighted by atomic mass is 10.0. The van der Waals surface area contributed by atoms with Gasteiger partial charge in [0.15, 0.2) is 0 Å². The summed E-state index contributed by atoms with van der Waals surface area (Å²) in [5, 5.41) is 3.88. The molecule has 1 aliphatic carbocycles. The van der Waals surface area contributed by atoms with Gasteiger partial charge in [0.05, 0.1) is 7.11 Å². The van der Waals surface area contributed by atoms with E-state index in [4.69, 9.17) is 4.74 Å². The van der Waals surface area contributed by atoms with Gasteiger partial charge in [0.2, 0.25) is 0 Å². The molecule has 0 spiro atoms. The maximum Gasteiger partial charge on any atom is 0.118 e. The first-order valence-corrected chi connectivity index (χ1v) is 7.35. The molecule has 1 saturated heterocycles. The first kappa shape index (κ1) is 12.9. The first-order valence-electron chi connectivity index (χ1n) is 7.35. The summed E-state index contributed by atoms with van der Waals surface area (Å²) in [5.74, 6) is 1.78. The summed E-state index contributed by atoms with van der Waals surface area (Å²) in [7, 11) is 3.93. The quantitative estimate of drug-likeness (QED) is 0.880. The van der Waals surface area contributed by atoms with Crippen LogP contribution in [0.15, 0.2) is 24.3 Å². The van der Waals surface area contributed by atoms with Crippen molar-refractivity contribution in [1.82, 2.24) is 10.2 Å². The zero-order valence-corrected chi connectivity index (χ0v) is 11.9. The zero-order valence-electron chi connectivity index (χ0n) is 11.9. The van der Waals surface area contributed by atoms with Crippen LogP contribution in [0.25, 0.3) is 0 Å². The van der Waals surface area contributed by atoms with Crippen molar-refractivity contribution < 1.29 is 4.74 Å². The first-order chi connectivity index (χ1) is 9.26. The second-order valence-electron chi connectivity index (χ2n) is 6.00. The minimum atomic E-state index is 0.530. The molecule has 3 rings (SSSR count). The monoisotopic (exact) mass is 260 g/mol. The maximum atomic E-state index is 5.25. The Hall–Kier alpha value is -1.06. The predicted molar refractivity (Wildman–Crippen MR) is 77.5 cm³/mol. The molecule has 0 radical (unpaired) electrons. The normalized spacial score (nSPS) is 25.5. The fraction of sp³-hybridized carbons (Fsp3) is 0.625. The van der Waals surface area contributed by atoms with Gasteiger partial charge in [-0.05, 0) is 56.5 Å². The number of likely N-dealkylation sites (tertiary alicyclic amines) is 1. The minimum absolute atomic E-state index is 0.530. The number of methoxy groups -OCH3 is 1. The third kappa shape index (κ3) is 3.10. The van der Waals surface area contributed by atoms with Crippen LogP contribution < -0.4 is 10.1 Å². The highest BCUT2D eigenvalue weighted by Crippen LogP contribution is 2.41. The average Bonchev–Trinajstić information content (AvgIpc) is 3.20. The molecule has 1 N–H and O–H groups in total. The van der Waals surface area contributed by atoms with E-state index in [0.29, 0.717) is 12.1 Å². The van der Waals surface area contributed by atoms with E-state index in [1.54, 1.807) is 7.11 Å². The average molecular weight is 260 g/mol. The second-order valence-corrected chi connectivity index (χ2v) is 6.00. The number of benzene rings is 1. The highest BCUT2D eigenvalue weighted by Gasteiger charge is 2.34. The lowest BCUT2D eigenvalue weighted by molar-refractivity contribution is 0.369. The highest BCUT2D eigenvalue weighted by molar-refractivity contribution is 5.30. The third-order valence-electron chi connectivity index (χ3n) is 4.37. The third-order valence-corrected chi connectivity index (χ3v) is 4.37. The molecule has 1 saturated carbocycles. The molecule has 2 aliphatic rings. The van der Waals surface area contributed by atoms with Crippen LogP contribution in [0.1, 0.15) is 30.9 Å². The molecule has 0 aromatic heterocycles. The van der Waals surface area contributed by atoms with Crippen molar-refractivity contribution in [2.45, 2.75) is 31.3 Å². The van der Waals surface area contributed by atoms with Gasteiger partial charge in [0.1, 0.15) is 5.75 Å². The number of nitrogens with zero attached hydrogens (tertiary/aromatic N) is 1. The smallest absolute Gasteiger partial charge is 0.118 e. The Bertz CT molecular complexity index is 413. The SMILES string of the molecule is COc1ccc(C(NC2CCN(C)C2)C2CC2)cc1. The summed E-state index contributed by atoms with van der Waals surface area (Å²) in [4.78, 5) is 2.41. The molecule has 104 valence electrons. The molecule has 3 heteroatoms. The van der Waals surface area contributed by atoms with E-state index in [2.05, 4.69) is 41.5 Å². The van der Waals surface area contributed by atoms with Crippen molar-refractivity contribution in [2.24, 2.45) is 5.92 Å². The van der Waals surface area contributed by atoms with Gasteiger partial charge in [-0.25, -0.2) is 0 Å². The minimum Gasteiger partial charge on any atom is -0.497 e. The van der Waals surface area contributed by atoms with Crippen LogP contribution in [0.2, 0.25) is 0 Å². The predicted octanol–water partition coefficient (Wildman–Crippen LogP) is 2.44. The number of likely N-dealkylation sites (N-methyl/N-ethyl adjacent to an activating group) is 1. The molecular weight excluding hydrogens is 236 g/mol. The Morgan fingerprint density at radius 1 is 1.21 bits per heavy atom. The molecule has 1 aromatic rings. The van der Waals surface area contributed by atoms with E-state index >= 15 is 0 Å². The van der Waals surface area contributed by atoms with Crippen LogP contribution in [-0.4, -0.2) is 38.2 Å². The van der Waals surface area contributed by atoms with Gasteiger partial charge >= 0.3 is 0 Å². The Morgan fingerprint density at radius 2 is 1.95 bits per heavy atom. The number of rotatable bonds is 5. The van der Waals surface area contributed by atoms with E-state index in [1.165, 1.54) is 37.9 Å². The topological polar surface area (TPSA) is 24.5 Å². The molecule has 2 fully saturated rings. The van der Waals surface area contributed by atoms with Gasteiger partial charge in [-0.15, -0.1) is 0 Å². The van der Waals surface area contributed by atoms with Crippen LogP contribution in [0.3, 0.4) is 0 Å². The van der Waals surface area contributed by atoms with Crippen LogP contribution in [0.5, 0.6) is 5.75 Å². The molecule has 2 unspecified atom stereocenters. The summed E-state index contributed by atoms with van der Waals surface area (Å²) < 4.78 is 5.25. The zero-order chi connectivity index (χ0) is 13.2. The van der Waals surface area contributed by atoms with E-state index < -0.39 is 0 Å². The van der Waals surface area contributed by atoms with Crippen LogP contribution in [0, 0.1) is 5.92 Å². The van der Waals surface area contributed by atoms with Gasteiger partial charge in [-0.3, -0.25) is 0 Å². The summed E-state index contributed by atoms with van der Waals surface area (Å²) in [6.07, 6.45) is 4.01. The summed E-state index contributed by atoms with van der Waals surface area (Å²) >= 11 is 0. The Labute approximate surface area is 115 Å². The van der Waals surface area contributed by atoms with Crippen LogP contribution >= 0.6 is 0 Å². The molecule has 3 nitrogen and oxygen atoms in total. The molecule has 0 bridgehead atoms. The van der Waals surface area contributed by atoms with Gasteiger partial charge in [0, 0.05) is 18.6 Å². The van der Waals surface area contributed by atoms with E-state index in [9.17, 15) is 0 Å². The van der Waals surface area contributed by atoms with Crippen molar-refractivity contribution >= 4 is 0 Å². The van der Waals surface area contributed by atoms with Crippen molar-refractivity contribution in [2.75, 3.05) is 27.2 Å². The molecule has 1 aromatic carbocycles. The van der Waals surface area contributed by atoms with Gasteiger partial charge in [-0.1, -0.05) is 12.1 Å². The lowest BCUT2D eigenvalue weighted by Crippen LogP contribution is -2.35. The van der Waals surface area contributed by atoms with Crippen molar-refractivity contribution in [1.29, 1.82) is 0 Å². The van der Waals surface area contributed by atoms with E-state index in [0.717, 1.165) is 11.7 Å². The largest absolute Gasteiger partial charge is 0.497 e. The van der Waals surface area contributed by atoms with Gasteiger partial charge in [-0.2, -0.15) is 0 Å². The summed E-state index contributed by atoms with van der Waals surface area (Å²) in [6, 6.07) is 9.77. The van der Waals surface area contributed by atoms with Crippen molar-refractivity contribution in [3.05, 3.63) is 29.8 Å². The van der Waals surface area contributed by atoms with Crippen LogP contribution in [-0.2, 0) is 0 Å². The molecule has 19 heavy (non-hydrogen) atoms. The second kappa shape index (κ2) is 5.51. The number of hydrogen-bond donors (Lipinski definition) is 1. The molecule has 1 aliphatic heterocycles. The molecule has 0 amide bonds. The molecular formula is C16H24N2O. The van der Waals surface area contributed by atoms with Crippen molar-refractivity contribution in [3.63, 3.8) is 0 Å². The summed E-state index contributed by atoms with van der Waals surface area (Å²) in [5.41, 5.74) is 1.41. The molecule has 2 atom stereocenters. The van der Waals surface area contributed by atoms with Crippen LogP contribution in [0.4, 0.5) is 0 Å². The van der Waals surface area contributed by atoms with Gasteiger partial charge in [0.25, 0.3) is 0 Å². The highest BCUT2D eigenvalue weighted by atomic mass is 16.5. The number of hydrogen-bond acceptors (Lipinski definition) is 3. The Balaban J connectivity index is 1.69. The lowest BCUT2D eigenvalue weighted by Gasteiger charge is -2.23. The van der Waals surface area contributed by atoms with E-state index in [-0.39, 0.29) is 0 Å². The standard InChI is InChI=1S/C16H24N2O/c1-18-10-9-14(11-18)17-16(12-3-4-12)13-5-7-15(19-2)8-6-13/h5-8,12,14,16-17H,3-4,9-11H2,1-2H3. The Kier molecular flexibility index (Phi) is 3.76. The maximum absolute atomic E-state index is 5.25. The summed E-state index contributed by atoms with van der Waals surface area (Å²) in [6.45, 7) is 2.40. The Morgan fingerprint density at radius 3 is 2.47 bits per heavy atom. The fourth-order valence-electron chi connectivity index (χ4n) is 3.07. The van der Waals surface area contributed by atoms with Crippen molar-refractivity contribution in [3.8, 4) is 5.75 Å². The molecule has 1 heterocycles. The number of ether oxygens (including phenoxy) is 1.